The van der Waals surface area contributed by atoms with E-state index in [1.165, 1.54) is 11.8 Å². The molecule has 0 saturated carbocycles. The van der Waals surface area contributed by atoms with Crippen molar-refractivity contribution in [2.24, 2.45) is 0 Å². The molecule has 0 fully saturated rings. The van der Waals surface area contributed by atoms with Gasteiger partial charge in [-0.05, 0) is 44.5 Å². The van der Waals surface area contributed by atoms with Crippen LogP contribution in [-0.4, -0.2) is 26.4 Å². The first-order valence-corrected chi connectivity index (χ1v) is 10.1. The van der Waals surface area contributed by atoms with E-state index in [0.717, 1.165) is 28.4 Å². The van der Waals surface area contributed by atoms with Gasteiger partial charge in [0.05, 0.1) is 5.75 Å². The Morgan fingerprint density at radius 2 is 1.86 bits per heavy atom. The van der Waals surface area contributed by atoms with Gasteiger partial charge in [0.1, 0.15) is 12.4 Å². The fourth-order valence-electron chi connectivity index (χ4n) is 2.67. The number of thioether (sulfide) groups is 1. The van der Waals surface area contributed by atoms with Crippen LogP contribution in [0.4, 0.5) is 5.69 Å². The van der Waals surface area contributed by atoms with Crippen molar-refractivity contribution < 1.29 is 9.53 Å². The Balaban J connectivity index is 1.58. The molecule has 3 aromatic rings. The third-order valence-corrected chi connectivity index (χ3v) is 5.19. The maximum atomic E-state index is 12.2. The molecule has 1 heterocycles. The van der Waals surface area contributed by atoms with Gasteiger partial charge < -0.3 is 14.6 Å². The highest BCUT2D eigenvalue weighted by Gasteiger charge is 2.14. The van der Waals surface area contributed by atoms with Gasteiger partial charge in [-0.1, -0.05) is 47.7 Å². The molecule has 3 rings (SSSR count). The first kappa shape index (κ1) is 19.9. The molecule has 0 atom stereocenters. The van der Waals surface area contributed by atoms with Crippen molar-refractivity contribution in [3.05, 3.63) is 65.5 Å². The van der Waals surface area contributed by atoms with Crippen molar-refractivity contribution in [2.75, 3.05) is 11.1 Å². The van der Waals surface area contributed by atoms with Crippen molar-refractivity contribution in [2.45, 2.75) is 39.1 Å². The number of aromatic nitrogens is 3. The van der Waals surface area contributed by atoms with Crippen LogP contribution in [0, 0.1) is 13.8 Å². The molecule has 146 valence electrons. The van der Waals surface area contributed by atoms with Crippen LogP contribution in [0.2, 0.25) is 0 Å². The highest BCUT2D eigenvalue weighted by Crippen LogP contribution is 2.21. The topological polar surface area (TPSA) is 69.0 Å². The maximum absolute atomic E-state index is 12.2. The highest BCUT2D eigenvalue weighted by molar-refractivity contribution is 7.99. The number of hydrogen-bond donors (Lipinski definition) is 1. The van der Waals surface area contributed by atoms with Crippen LogP contribution in [0.1, 0.15) is 23.9 Å². The second kappa shape index (κ2) is 9.41. The van der Waals surface area contributed by atoms with Crippen LogP contribution in [-0.2, 0) is 17.9 Å². The largest absolute Gasteiger partial charge is 0.485 e. The van der Waals surface area contributed by atoms with E-state index in [-0.39, 0.29) is 11.7 Å². The summed E-state index contributed by atoms with van der Waals surface area (Å²) in [7, 11) is 0. The number of benzene rings is 2. The predicted octanol–water partition coefficient (Wildman–Crippen LogP) is 4.22. The molecule has 0 aliphatic heterocycles. The number of amides is 1. The maximum Gasteiger partial charge on any atom is 0.234 e. The lowest BCUT2D eigenvalue weighted by molar-refractivity contribution is -0.113. The molecule has 0 aliphatic carbocycles. The number of ether oxygens (including phenoxy) is 1. The number of para-hydroxylation sites is 1. The van der Waals surface area contributed by atoms with E-state index in [1.54, 1.807) is 0 Å². The Morgan fingerprint density at radius 3 is 2.57 bits per heavy atom. The van der Waals surface area contributed by atoms with Crippen molar-refractivity contribution >= 4 is 23.4 Å². The summed E-state index contributed by atoms with van der Waals surface area (Å²) in [5.74, 6) is 1.77. The quantitative estimate of drug-likeness (QED) is 0.577. The van der Waals surface area contributed by atoms with E-state index in [1.807, 2.05) is 73.9 Å². The summed E-state index contributed by atoms with van der Waals surface area (Å²) in [6.07, 6.45) is 0. The van der Waals surface area contributed by atoms with Crippen molar-refractivity contribution in [3.8, 4) is 5.75 Å². The third-order valence-electron chi connectivity index (χ3n) is 4.23. The highest BCUT2D eigenvalue weighted by atomic mass is 32.2. The number of hydrogen-bond acceptors (Lipinski definition) is 5. The molecule has 2 aromatic carbocycles. The Morgan fingerprint density at radius 1 is 1.11 bits per heavy atom. The van der Waals surface area contributed by atoms with Gasteiger partial charge in [0.25, 0.3) is 0 Å². The van der Waals surface area contributed by atoms with Gasteiger partial charge in [0, 0.05) is 12.2 Å². The normalized spacial score (nSPS) is 10.7. The zero-order valence-electron chi connectivity index (χ0n) is 16.3. The third kappa shape index (κ3) is 5.13. The number of anilines is 1. The van der Waals surface area contributed by atoms with Gasteiger partial charge in [-0.15, -0.1) is 10.2 Å². The molecule has 0 unspecified atom stereocenters. The zero-order chi connectivity index (χ0) is 19.9. The van der Waals surface area contributed by atoms with E-state index < -0.39 is 0 Å². The lowest BCUT2D eigenvalue weighted by Crippen LogP contribution is -2.15. The van der Waals surface area contributed by atoms with Gasteiger partial charge in [-0.2, -0.15) is 0 Å². The van der Waals surface area contributed by atoms with E-state index in [9.17, 15) is 4.79 Å². The molecule has 6 nitrogen and oxygen atoms in total. The lowest BCUT2D eigenvalue weighted by Gasteiger charge is -2.10. The summed E-state index contributed by atoms with van der Waals surface area (Å²) in [5.41, 5.74) is 3.02. The summed E-state index contributed by atoms with van der Waals surface area (Å²) in [6.45, 7) is 7.09. The van der Waals surface area contributed by atoms with Crippen molar-refractivity contribution in [1.29, 1.82) is 0 Å². The van der Waals surface area contributed by atoms with E-state index >= 15 is 0 Å². The number of nitrogens with one attached hydrogen (secondary N) is 1. The minimum atomic E-state index is -0.0720. The van der Waals surface area contributed by atoms with E-state index in [2.05, 4.69) is 15.5 Å². The molecular formula is C21H24N4O2S. The molecule has 0 bridgehead atoms. The Labute approximate surface area is 169 Å². The SMILES string of the molecule is CCn1c(COc2ccccc2C)nnc1SCC(=O)Nc1ccc(C)cc1. The molecule has 7 heteroatoms. The fraction of sp³-hybridized carbons (Fsp3) is 0.286. The van der Waals surface area contributed by atoms with E-state index in [0.29, 0.717) is 18.3 Å². The van der Waals surface area contributed by atoms with Gasteiger partial charge in [0.2, 0.25) is 5.91 Å². The van der Waals surface area contributed by atoms with Crippen molar-refractivity contribution in [3.63, 3.8) is 0 Å². The second-order valence-corrected chi connectivity index (χ2v) is 7.34. The smallest absolute Gasteiger partial charge is 0.234 e. The lowest BCUT2D eigenvalue weighted by atomic mass is 10.2. The number of rotatable bonds is 8. The Bertz CT molecular complexity index is 938. The summed E-state index contributed by atoms with van der Waals surface area (Å²) < 4.78 is 7.86. The molecule has 1 aromatic heterocycles. The Kier molecular flexibility index (Phi) is 6.71. The van der Waals surface area contributed by atoms with Gasteiger partial charge in [-0.3, -0.25) is 4.79 Å². The molecule has 28 heavy (non-hydrogen) atoms. The number of carbonyl (C=O) groups excluding carboxylic acids is 1. The van der Waals surface area contributed by atoms with Crippen molar-refractivity contribution in [1.82, 2.24) is 14.8 Å². The average molecular weight is 397 g/mol. The first-order valence-electron chi connectivity index (χ1n) is 9.16. The fourth-order valence-corrected chi connectivity index (χ4v) is 3.50. The van der Waals surface area contributed by atoms with Crippen LogP contribution in [0.5, 0.6) is 5.75 Å². The van der Waals surface area contributed by atoms with E-state index in [4.69, 9.17) is 4.74 Å². The molecule has 1 N–H and O–H groups in total. The standard InChI is InChI=1S/C21H24N4O2S/c1-4-25-19(13-27-18-8-6-5-7-16(18)3)23-24-21(25)28-14-20(26)22-17-11-9-15(2)10-12-17/h5-12H,4,13-14H2,1-3H3,(H,22,26). The minimum Gasteiger partial charge on any atom is -0.485 e. The number of nitrogens with zero attached hydrogens (tertiary/aromatic N) is 3. The molecule has 0 saturated heterocycles. The van der Waals surface area contributed by atoms with Gasteiger partial charge in [0.15, 0.2) is 11.0 Å². The van der Waals surface area contributed by atoms with Crippen LogP contribution in [0.15, 0.2) is 53.7 Å². The zero-order valence-corrected chi connectivity index (χ0v) is 17.1. The molecule has 0 radical (unpaired) electrons. The van der Waals surface area contributed by atoms with Crippen LogP contribution < -0.4 is 10.1 Å². The number of carbonyl (C=O) groups is 1. The summed E-state index contributed by atoms with van der Waals surface area (Å²) in [5, 5.41) is 12.1. The van der Waals surface area contributed by atoms with Crippen LogP contribution in [0.3, 0.4) is 0 Å². The summed E-state index contributed by atoms with van der Waals surface area (Å²) >= 11 is 1.37. The van der Waals surface area contributed by atoms with Crippen LogP contribution >= 0.6 is 11.8 Å². The minimum absolute atomic E-state index is 0.0720. The Hall–Kier alpha value is -2.80. The second-order valence-electron chi connectivity index (χ2n) is 6.40. The van der Waals surface area contributed by atoms with Gasteiger partial charge >= 0.3 is 0 Å². The molecule has 1 amide bonds. The monoisotopic (exact) mass is 396 g/mol. The summed E-state index contributed by atoms with van der Waals surface area (Å²) in [4.78, 5) is 12.2. The average Bonchev–Trinajstić information content (AvgIpc) is 3.09. The molecule has 0 spiro atoms. The molecule has 0 aliphatic rings. The van der Waals surface area contributed by atoms with Gasteiger partial charge in [-0.25, -0.2) is 0 Å². The summed E-state index contributed by atoms with van der Waals surface area (Å²) in [6, 6.07) is 15.6. The predicted molar refractivity (Wildman–Crippen MR) is 112 cm³/mol. The number of aryl methyl sites for hydroxylation is 2. The van der Waals surface area contributed by atoms with Crippen LogP contribution in [0.25, 0.3) is 0 Å². The first-order chi connectivity index (χ1) is 13.6. The molecular weight excluding hydrogens is 372 g/mol.